The van der Waals surface area contributed by atoms with Gasteiger partial charge in [-0.2, -0.15) is 23.0 Å². The largest absolute Gasteiger partial charge is 0.478 e. The van der Waals surface area contributed by atoms with Crippen LogP contribution in [0.25, 0.3) is 11.3 Å². The molecule has 2 heterocycles. The molecule has 31 heavy (non-hydrogen) atoms. The molecule has 3 aromatic rings. The van der Waals surface area contributed by atoms with E-state index in [-0.39, 0.29) is 16.3 Å². The number of fused-ring (bicyclic) bond motifs is 1. The van der Waals surface area contributed by atoms with E-state index in [1.807, 2.05) is 0 Å². The number of alkyl halides is 3. The number of aromatic nitrogens is 2. The number of aryl methyl sites for hydroxylation is 1. The Morgan fingerprint density at radius 1 is 1.13 bits per heavy atom. The number of aromatic carboxylic acids is 1. The third-order valence-corrected chi connectivity index (χ3v) is 5.30. The molecule has 0 saturated carbocycles. The molecule has 0 radical (unpaired) electrons. The van der Waals surface area contributed by atoms with Crippen molar-refractivity contribution in [2.45, 2.75) is 19.0 Å². The summed E-state index contributed by atoms with van der Waals surface area (Å²) < 4.78 is 41.6. The van der Waals surface area contributed by atoms with Crippen LogP contribution in [-0.2, 0) is 12.6 Å². The number of carboxylic acid groups (broad SMARTS) is 1. The third-order valence-electron chi connectivity index (χ3n) is 4.98. The molecule has 0 aliphatic carbocycles. The number of rotatable bonds is 3. The van der Waals surface area contributed by atoms with Gasteiger partial charge < -0.3 is 10.4 Å². The highest BCUT2D eigenvalue weighted by Gasteiger charge is 2.38. The molecule has 2 N–H and O–H groups in total. The van der Waals surface area contributed by atoms with Crippen LogP contribution in [0.3, 0.4) is 0 Å². The molecule has 0 saturated heterocycles. The molecule has 6 nitrogen and oxygen atoms in total. The molecule has 10 heteroatoms. The molecular weight excluding hydrogens is 435 g/mol. The highest BCUT2D eigenvalue weighted by atomic mass is 35.5. The van der Waals surface area contributed by atoms with Gasteiger partial charge in [-0.3, -0.25) is 4.79 Å². The molecule has 0 fully saturated rings. The summed E-state index contributed by atoms with van der Waals surface area (Å²) >= 11 is 6.02. The van der Waals surface area contributed by atoms with Crippen molar-refractivity contribution in [2.24, 2.45) is 0 Å². The van der Waals surface area contributed by atoms with Crippen LogP contribution >= 0.6 is 11.6 Å². The summed E-state index contributed by atoms with van der Waals surface area (Å²) in [5.74, 6) is -2.14. The van der Waals surface area contributed by atoms with Gasteiger partial charge in [-0.1, -0.05) is 29.8 Å². The van der Waals surface area contributed by atoms with Gasteiger partial charge >= 0.3 is 12.1 Å². The first-order valence-corrected chi connectivity index (χ1v) is 9.66. The van der Waals surface area contributed by atoms with Crippen LogP contribution in [0.2, 0.25) is 5.02 Å². The summed E-state index contributed by atoms with van der Waals surface area (Å²) in [6.07, 6.45) is -3.50. The number of carbonyl (C=O) groups excluding carboxylic acids is 1. The molecule has 1 aliphatic heterocycles. The Kier molecular flexibility index (Phi) is 5.22. The predicted octanol–water partition coefficient (Wildman–Crippen LogP) is 4.97. The zero-order valence-corrected chi connectivity index (χ0v) is 16.6. The third kappa shape index (κ3) is 3.76. The van der Waals surface area contributed by atoms with Crippen molar-refractivity contribution in [3.05, 3.63) is 69.9 Å². The number of nitrogens with zero attached hydrogens (tertiary/aromatic N) is 2. The second-order valence-electron chi connectivity index (χ2n) is 6.96. The Morgan fingerprint density at radius 3 is 2.48 bits per heavy atom. The summed E-state index contributed by atoms with van der Waals surface area (Å²) in [5.41, 5.74) is -0.0560. The fourth-order valence-corrected chi connectivity index (χ4v) is 3.82. The van der Waals surface area contributed by atoms with E-state index in [1.54, 1.807) is 0 Å². The van der Waals surface area contributed by atoms with E-state index >= 15 is 0 Å². The number of halogens is 4. The van der Waals surface area contributed by atoms with Crippen molar-refractivity contribution in [3.63, 3.8) is 0 Å². The van der Waals surface area contributed by atoms with Crippen molar-refractivity contribution in [1.29, 1.82) is 0 Å². The Labute approximate surface area is 179 Å². The number of anilines is 1. The van der Waals surface area contributed by atoms with E-state index in [2.05, 4.69) is 10.4 Å². The summed E-state index contributed by atoms with van der Waals surface area (Å²) in [6.45, 7) is 0.604. The molecule has 0 bridgehead atoms. The number of hydrogen-bond donors (Lipinski definition) is 2. The van der Waals surface area contributed by atoms with Crippen molar-refractivity contribution in [1.82, 2.24) is 9.78 Å². The highest BCUT2D eigenvalue weighted by Crippen LogP contribution is 2.38. The number of carboxylic acids is 1. The van der Waals surface area contributed by atoms with Crippen molar-refractivity contribution in [2.75, 3.05) is 11.9 Å². The Hall–Kier alpha value is -3.33. The van der Waals surface area contributed by atoms with Crippen LogP contribution in [0.15, 0.2) is 42.5 Å². The normalized spacial score (nSPS) is 13.4. The molecule has 0 amide bonds. The van der Waals surface area contributed by atoms with Gasteiger partial charge in [0.25, 0.3) is 5.91 Å². The standard InChI is InChI=1S/C21H15ClF3N3O3/c22-14-4-1-3-13(21(23,24)25)16(14)19(29)28-18(17-15(27-28)5-2-10-26-17)11-6-8-12(9-7-11)20(30)31/h1,3-4,6-9,26H,2,5,10H2,(H,30,31). The van der Waals surface area contributed by atoms with E-state index in [4.69, 9.17) is 16.7 Å². The zero-order valence-electron chi connectivity index (χ0n) is 15.8. The molecule has 4 rings (SSSR count). The smallest absolute Gasteiger partial charge is 0.417 e. The molecule has 1 aliphatic rings. The van der Waals surface area contributed by atoms with E-state index < -0.39 is 29.2 Å². The van der Waals surface area contributed by atoms with Crippen LogP contribution in [0, 0.1) is 0 Å². The second-order valence-corrected chi connectivity index (χ2v) is 7.37. The first kappa shape index (κ1) is 20.9. The summed E-state index contributed by atoms with van der Waals surface area (Å²) in [6, 6.07) is 8.81. The maximum atomic E-state index is 13.6. The van der Waals surface area contributed by atoms with Crippen molar-refractivity contribution < 1.29 is 27.9 Å². The molecule has 0 spiro atoms. The highest BCUT2D eigenvalue weighted by molar-refractivity contribution is 6.34. The number of carbonyl (C=O) groups is 2. The van der Waals surface area contributed by atoms with E-state index in [0.717, 1.165) is 23.2 Å². The lowest BCUT2D eigenvalue weighted by molar-refractivity contribution is -0.137. The van der Waals surface area contributed by atoms with Crippen molar-refractivity contribution in [3.8, 4) is 11.3 Å². The molecule has 0 atom stereocenters. The lowest BCUT2D eigenvalue weighted by Crippen LogP contribution is -2.21. The minimum atomic E-state index is -4.79. The SMILES string of the molecule is O=C(O)c1ccc(-c2c3c(nn2C(=O)c2c(Cl)cccc2C(F)(F)F)CCCN3)cc1. The van der Waals surface area contributed by atoms with E-state index in [1.165, 1.54) is 30.3 Å². The lowest BCUT2D eigenvalue weighted by atomic mass is 10.0. The van der Waals surface area contributed by atoms with Crippen LogP contribution in [0.5, 0.6) is 0 Å². The molecule has 1 aromatic heterocycles. The fourth-order valence-electron chi connectivity index (χ4n) is 3.56. The first-order chi connectivity index (χ1) is 14.7. The number of hydrogen-bond acceptors (Lipinski definition) is 4. The average Bonchev–Trinajstić information content (AvgIpc) is 3.12. The molecule has 2 aromatic carbocycles. The van der Waals surface area contributed by atoms with Gasteiger partial charge in [0.2, 0.25) is 0 Å². The van der Waals surface area contributed by atoms with Gasteiger partial charge in [-0.25, -0.2) is 4.79 Å². The van der Waals surface area contributed by atoms with Crippen LogP contribution in [-0.4, -0.2) is 33.3 Å². The summed E-state index contributed by atoms with van der Waals surface area (Å²) in [4.78, 5) is 24.5. The fraction of sp³-hybridized carbons (Fsp3) is 0.190. The molecule has 160 valence electrons. The lowest BCUT2D eigenvalue weighted by Gasteiger charge is -2.16. The quantitative estimate of drug-likeness (QED) is 0.590. The molecule has 0 unspecified atom stereocenters. The average molecular weight is 450 g/mol. The summed E-state index contributed by atoms with van der Waals surface area (Å²) in [7, 11) is 0. The van der Waals surface area contributed by atoms with Crippen LogP contribution < -0.4 is 5.32 Å². The van der Waals surface area contributed by atoms with Gasteiger partial charge in [0, 0.05) is 12.1 Å². The Morgan fingerprint density at radius 2 is 1.84 bits per heavy atom. The van der Waals surface area contributed by atoms with Gasteiger partial charge in [-0.05, 0) is 37.1 Å². The number of nitrogens with one attached hydrogen (secondary N) is 1. The topological polar surface area (TPSA) is 84.2 Å². The van der Waals surface area contributed by atoms with Gasteiger partial charge in [0.1, 0.15) is 5.69 Å². The van der Waals surface area contributed by atoms with Gasteiger partial charge in [-0.15, -0.1) is 0 Å². The second kappa shape index (κ2) is 7.73. The Balaban J connectivity index is 1.92. The van der Waals surface area contributed by atoms with E-state index in [0.29, 0.717) is 29.9 Å². The van der Waals surface area contributed by atoms with Crippen LogP contribution in [0.4, 0.5) is 18.9 Å². The zero-order chi connectivity index (χ0) is 22.3. The minimum absolute atomic E-state index is 0.0356. The monoisotopic (exact) mass is 449 g/mol. The first-order valence-electron chi connectivity index (χ1n) is 9.28. The molecular formula is C21H15ClF3N3O3. The maximum absolute atomic E-state index is 13.6. The minimum Gasteiger partial charge on any atom is -0.478 e. The number of benzene rings is 2. The summed E-state index contributed by atoms with van der Waals surface area (Å²) in [5, 5.41) is 16.2. The van der Waals surface area contributed by atoms with E-state index in [9.17, 15) is 22.8 Å². The predicted molar refractivity (Wildman–Crippen MR) is 108 cm³/mol. The maximum Gasteiger partial charge on any atom is 0.417 e. The Bertz CT molecular complexity index is 1190. The van der Waals surface area contributed by atoms with Crippen molar-refractivity contribution >= 4 is 29.2 Å². The van der Waals surface area contributed by atoms with Gasteiger partial charge in [0.05, 0.1) is 33.1 Å². The van der Waals surface area contributed by atoms with Gasteiger partial charge in [0.15, 0.2) is 0 Å². The van der Waals surface area contributed by atoms with Crippen LogP contribution in [0.1, 0.15) is 38.4 Å².